The van der Waals surface area contributed by atoms with Crippen LogP contribution in [-0.2, 0) is 17.8 Å². The van der Waals surface area contributed by atoms with Gasteiger partial charge in [0.1, 0.15) is 11.5 Å². The number of aryl methyl sites for hydroxylation is 1. The van der Waals surface area contributed by atoms with Crippen LogP contribution in [0.5, 0.6) is 0 Å². The predicted molar refractivity (Wildman–Crippen MR) is 122 cm³/mol. The topological polar surface area (TPSA) is 79.3 Å². The molecule has 2 aromatic heterocycles. The van der Waals surface area contributed by atoms with Crippen LogP contribution in [0.3, 0.4) is 0 Å². The molecule has 0 aliphatic carbocycles. The fraction of sp³-hybridized carbons (Fsp3) is 0.292. The summed E-state index contributed by atoms with van der Waals surface area (Å²) in [5.74, 6) is 1.04. The minimum absolute atomic E-state index is 0.127. The molecule has 3 heterocycles. The first kappa shape index (κ1) is 20.7. The molecular weight excluding hydrogens is 430 g/mol. The molecule has 0 saturated carbocycles. The summed E-state index contributed by atoms with van der Waals surface area (Å²) in [7, 11) is 0. The highest BCUT2D eigenvalue weighted by Gasteiger charge is 2.21. The number of rotatable bonds is 5. The van der Waals surface area contributed by atoms with Crippen molar-refractivity contribution in [2.75, 3.05) is 6.61 Å². The number of hydrogen-bond acceptors (Lipinski definition) is 5. The second-order valence-electron chi connectivity index (χ2n) is 7.97. The highest BCUT2D eigenvalue weighted by Crippen LogP contribution is 2.25. The summed E-state index contributed by atoms with van der Waals surface area (Å²) in [5, 5.41) is 1.07. The fourth-order valence-electron chi connectivity index (χ4n) is 4.15. The molecule has 0 bridgehead atoms. The Morgan fingerprint density at radius 2 is 1.97 bits per heavy atom. The first-order chi connectivity index (χ1) is 15.5. The number of para-hydroxylation sites is 1. The molecule has 1 aliphatic heterocycles. The van der Waals surface area contributed by atoms with Gasteiger partial charge in [-0.15, -0.1) is 0 Å². The van der Waals surface area contributed by atoms with Gasteiger partial charge in [-0.3, -0.25) is 13.9 Å². The van der Waals surface area contributed by atoms with E-state index in [9.17, 15) is 9.59 Å². The maximum absolute atomic E-state index is 13.4. The lowest BCUT2D eigenvalue weighted by Gasteiger charge is -2.16. The summed E-state index contributed by atoms with van der Waals surface area (Å²) < 4.78 is 14.4. The van der Waals surface area contributed by atoms with Crippen molar-refractivity contribution in [3.05, 3.63) is 85.8 Å². The molecule has 1 fully saturated rings. The number of aromatic nitrogens is 3. The van der Waals surface area contributed by atoms with Crippen molar-refractivity contribution in [3.63, 3.8) is 0 Å². The average molecular weight is 452 g/mol. The number of fused-ring (bicyclic) bond motifs is 1. The van der Waals surface area contributed by atoms with Gasteiger partial charge in [0.25, 0.3) is 5.56 Å². The normalized spacial score (nSPS) is 16.1. The molecule has 7 nitrogen and oxygen atoms in total. The number of ether oxygens (including phenoxy) is 1. The van der Waals surface area contributed by atoms with Crippen LogP contribution in [0.15, 0.2) is 62.5 Å². The largest absolute Gasteiger partial charge is 0.441 e. The maximum atomic E-state index is 13.4. The summed E-state index contributed by atoms with van der Waals surface area (Å²) >= 11 is 6.10. The van der Waals surface area contributed by atoms with E-state index in [0.29, 0.717) is 39.9 Å². The lowest BCUT2D eigenvalue weighted by molar-refractivity contribution is 0.0948. The Morgan fingerprint density at radius 3 is 2.75 bits per heavy atom. The van der Waals surface area contributed by atoms with Crippen LogP contribution in [0.4, 0.5) is 0 Å². The van der Waals surface area contributed by atoms with Crippen molar-refractivity contribution in [1.29, 1.82) is 0 Å². The number of hydrogen-bond donors (Lipinski definition) is 0. The predicted octanol–water partition coefficient (Wildman–Crippen LogP) is 4.01. The number of benzene rings is 2. The number of oxazole rings is 1. The highest BCUT2D eigenvalue weighted by atomic mass is 35.5. The molecule has 0 N–H and O–H groups in total. The van der Waals surface area contributed by atoms with Crippen LogP contribution in [0, 0.1) is 6.92 Å². The van der Waals surface area contributed by atoms with Gasteiger partial charge in [-0.05, 0) is 50.1 Å². The van der Waals surface area contributed by atoms with E-state index in [1.54, 1.807) is 34.9 Å². The summed E-state index contributed by atoms with van der Waals surface area (Å²) in [6, 6.07) is 14.4. The summed E-state index contributed by atoms with van der Waals surface area (Å²) in [6.45, 7) is 2.90. The first-order valence-electron chi connectivity index (χ1n) is 10.6. The molecular formula is C24H22ClN3O4. The van der Waals surface area contributed by atoms with Crippen LogP contribution in [0.25, 0.3) is 22.4 Å². The van der Waals surface area contributed by atoms with Crippen LogP contribution >= 0.6 is 11.6 Å². The van der Waals surface area contributed by atoms with Crippen molar-refractivity contribution in [1.82, 2.24) is 14.1 Å². The third-order valence-electron chi connectivity index (χ3n) is 5.81. The van der Waals surface area contributed by atoms with Crippen LogP contribution in [-0.4, -0.2) is 26.8 Å². The summed E-state index contributed by atoms with van der Waals surface area (Å²) in [5.41, 5.74) is 1.27. The Labute approximate surface area is 188 Å². The molecule has 1 aliphatic rings. The smallest absolute Gasteiger partial charge is 0.331 e. The molecule has 0 amide bonds. The van der Waals surface area contributed by atoms with Crippen molar-refractivity contribution >= 4 is 22.5 Å². The van der Waals surface area contributed by atoms with Gasteiger partial charge in [-0.2, -0.15) is 0 Å². The highest BCUT2D eigenvalue weighted by molar-refractivity contribution is 6.30. The van der Waals surface area contributed by atoms with Crippen molar-refractivity contribution < 1.29 is 9.15 Å². The first-order valence-corrected chi connectivity index (χ1v) is 11.0. The van der Waals surface area contributed by atoms with Gasteiger partial charge in [0.05, 0.1) is 30.1 Å². The molecule has 5 rings (SSSR count). The molecule has 4 aromatic rings. The van der Waals surface area contributed by atoms with Gasteiger partial charge >= 0.3 is 5.69 Å². The Kier molecular flexibility index (Phi) is 5.45. The number of halogens is 1. The maximum Gasteiger partial charge on any atom is 0.331 e. The van der Waals surface area contributed by atoms with E-state index in [1.807, 2.05) is 25.1 Å². The molecule has 0 spiro atoms. The van der Waals surface area contributed by atoms with Gasteiger partial charge in [0, 0.05) is 17.2 Å². The minimum Gasteiger partial charge on any atom is -0.441 e. The van der Waals surface area contributed by atoms with Gasteiger partial charge in [0.15, 0.2) is 0 Å². The van der Waals surface area contributed by atoms with E-state index in [2.05, 4.69) is 4.98 Å². The average Bonchev–Trinajstić information content (AvgIpc) is 3.44. The monoisotopic (exact) mass is 451 g/mol. The van der Waals surface area contributed by atoms with E-state index in [-0.39, 0.29) is 30.4 Å². The van der Waals surface area contributed by atoms with Gasteiger partial charge in [0.2, 0.25) is 5.89 Å². The quantitative estimate of drug-likeness (QED) is 0.458. The van der Waals surface area contributed by atoms with Crippen LogP contribution in [0.1, 0.15) is 24.3 Å². The van der Waals surface area contributed by atoms with Gasteiger partial charge < -0.3 is 9.15 Å². The van der Waals surface area contributed by atoms with Crippen LogP contribution < -0.4 is 11.2 Å². The Balaban J connectivity index is 1.60. The van der Waals surface area contributed by atoms with Crippen molar-refractivity contribution in [3.8, 4) is 11.5 Å². The van der Waals surface area contributed by atoms with E-state index < -0.39 is 0 Å². The van der Waals surface area contributed by atoms with E-state index in [0.717, 1.165) is 18.4 Å². The molecule has 1 saturated heterocycles. The van der Waals surface area contributed by atoms with E-state index in [4.69, 9.17) is 20.8 Å². The van der Waals surface area contributed by atoms with Crippen molar-refractivity contribution in [2.45, 2.75) is 39.0 Å². The third-order valence-corrected chi connectivity index (χ3v) is 6.05. The van der Waals surface area contributed by atoms with Crippen molar-refractivity contribution in [2.24, 2.45) is 0 Å². The molecule has 164 valence electrons. The zero-order valence-corrected chi connectivity index (χ0v) is 18.3. The van der Waals surface area contributed by atoms with E-state index in [1.165, 1.54) is 4.57 Å². The lowest BCUT2D eigenvalue weighted by atomic mass is 10.2. The molecule has 1 atom stereocenters. The summed E-state index contributed by atoms with van der Waals surface area (Å²) in [4.78, 5) is 31.1. The molecule has 32 heavy (non-hydrogen) atoms. The second kappa shape index (κ2) is 8.41. The number of nitrogens with zero attached hydrogens (tertiary/aromatic N) is 3. The minimum atomic E-state index is -0.379. The van der Waals surface area contributed by atoms with Crippen LogP contribution in [0.2, 0.25) is 5.02 Å². The Morgan fingerprint density at radius 1 is 1.12 bits per heavy atom. The molecule has 0 radical (unpaired) electrons. The lowest BCUT2D eigenvalue weighted by Crippen LogP contribution is -2.42. The molecule has 0 unspecified atom stereocenters. The third kappa shape index (κ3) is 3.78. The van der Waals surface area contributed by atoms with E-state index >= 15 is 0 Å². The Hall–Kier alpha value is -3.16. The standard InChI is InChI=1S/C24H22ClN3O4/c1-15-20(26-22(32-15)16-6-4-7-17(25)12-16)14-27-21-10-3-2-9-19(21)23(29)28(24(27)30)13-18-8-5-11-31-18/h2-4,6-7,9-10,12,18H,5,8,11,13-14H2,1H3/t18-/m0/s1. The van der Waals surface area contributed by atoms with Gasteiger partial charge in [-0.1, -0.05) is 29.8 Å². The Bertz CT molecular complexity index is 1410. The van der Waals surface area contributed by atoms with Gasteiger partial charge in [-0.25, -0.2) is 9.78 Å². The zero-order chi connectivity index (χ0) is 22.2. The fourth-order valence-corrected chi connectivity index (χ4v) is 4.34. The second-order valence-corrected chi connectivity index (χ2v) is 8.41. The summed E-state index contributed by atoms with van der Waals surface area (Å²) in [6.07, 6.45) is 1.65. The molecule has 2 aromatic carbocycles. The SMILES string of the molecule is Cc1oc(-c2cccc(Cl)c2)nc1Cn1c(=O)n(C[C@@H]2CCCO2)c(=O)c2ccccc21. The zero-order valence-electron chi connectivity index (χ0n) is 17.6. The molecule has 8 heteroatoms.